The van der Waals surface area contributed by atoms with Gasteiger partial charge in [0.1, 0.15) is 11.6 Å². The summed E-state index contributed by atoms with van der Waals surface area (Å²) in [4.78, 5) is 21.4. The number of aryl methyl sites for hydroxylation is 1. The molecule has 0 aliphatic rings. The molecule has 3 aromatic rings. The number of hydrogen-bond acceptors (Lipinski definition) is 3. The number of nitrogens with zero attached hydrogens (tertiary/aromatic N) is 2. The highest BCUT2D eigenvalue weighted by Crippen LogP contribution is 2.23. The van der Waals surface area contributed by atoms with Gasteiger partial charge < -0.3 is 14.6 Å². The molecule has 0 bridgehead atoms. The highest BCUT2D eigenvalue weighted by Gasteiger charge is 2.30. The molecule has 142 valence electrons. The van der Waals surface area contributed by atoms with Crippen LogP contribution in [0.3, 0.4) is 0 Å². The van der Waals surface area contributed by atoms with E-state index in [1.54, 1.807) is 7.05 Å². The van der Waals surface area contributed by atoms with Crippen molar-refractivity contribution in [2.45, 2.75) is 25.7 Å². The number of benzene rings is 2. The number of rotatable bonds is 6. The van der Waals surface area contributed by atoms with Crippen molar-refractivity contribution in [1.82, 2.24) is 14.9 Å². The fourth-order valence-corrected chi connectivity index (χ4v) is 2.70. The molecule has 27 heavy (non-hydrogen) atoms. The Bertz CT molecular complexity index is 887. The lowest BCUT2D eigenvalue weighted by Crippen LogP contribution is -2.26. The summed E-state index contributed by atoms with van der Waals surface area (Å²) in [6, 6.07) is 13.1. The lowest BCUT2D eigenvalue weighted by molar-refractivity contribution is -0.274. The molecule has 8 heteroatoms. The van der Waals surface area contributed by atoms with E-state index in [0.717, 1.165) is 16.9 Å². The number of nitrogens with one attached hydrogen (secondary N) is 1. The molecule has 3 rings (SSSR count). The van der Waals surface area contributed by atoms with Crippen molar-refractivity contribution < 1.29 is 22.7 Å². The first kappa shape index (κ1) is 18.8. The molecule has 0 atom stereocenters. The number of imidazole rings is 1. The Morgan fingerprint density at radius 3 is 2.52 bits per heavy atom. The van der Waals surface area contributed by atoms with E-state index >= 15 is 0 Å². The second-order valence-corrected chi connectivity index (χ2v) is 6.14. The summed E-state index contributed by atoms with van der Waals surface area (Å²) in [6.45, 7) is 0.297. The number of alkyl halides is 3. The van der Waals surface area contributed by atoms with Gasteiger partial charge in [-0.15, -0.1) is 13.2 Å². The van der Waals surface area contributed by atoms with Crippen molar-refractivity contribution in [3.8, 4) is 5.75 Å². The molecule has 1 heterocycles. The van der Waals surface area contributed by atoms with Crippen molar-refractivity contribution >= 4 is 16.9 Å². The molecule has 0 spiro atoms. The summed E-state index contributed by atoms with van der Waals surface area (Å²) in [7, 11) is 1.65. The van der Waals surface area contributed by atoms with E-state index in [0.29, 0.717) is 18.5 Å². The minimum atomic E-state index is -4.72. The van der Waals surface area contributed by atoms with Gasteiger partial charge in [-0.05, 0) is 29.8 Å². The van der Waals surface area contributed by atoms with Crippen LogP contribution in [0.1, 0.15) is 17.8 Å². The van der Waals surface area contributed by atoms with Crippen molar-refractivity contribution in [2.75, 3.05) is 7.05 Å². The van der Waals surface area contributed by atoms with Gasteiger partial charge in [0, 0.05) is 26.4 Å². The number of aromatic amines is 1. The number of hydrogen-bond donors (Lipinski definition) is 1. The lowest BCUT2D eigenvalue weighted by atomic mass is 10.2. The van der Waals surface area contributed by atoms with Gasteiger partial charge in [-0.1, -0.05) is 24.3 Å². The van der Waals surface area contributed by atoms with Crippen molar-refractivity contribution in [3.05, 3.63) is 59.9 Å². The molecule has 1 amide bonds. The second kappa shape index (κ2) is 7.69. The van der Waals surface area contributed by atoms with Crippen LogP contribution in [0.5, 0.6) is 5.75 Å². The van der Waals surface area contributed by atoms with Gasteiger partial charge in [-0.3, -0.25) is 4.79 Å². The standard InChI is InChI=1S/C19H18F3N3O2/c1-25(12-13-6-8-14(9-7-13)27-19(20,21)22)18(26)11-10-17-23-15-4-2-3-5-16(15)24-17/h2-9H,10-12H2,1H3,(H,23,24). The number of H-pyrrole nitrogens is 1. The fourth-order valence-electron chi connectivity index (χ4n) is 2.70. The third-order valence-electron chi connectivity index (χ3n) is 4.02. The second-order valence-electron chi connectivity index (χ2n) is 6.14. The Balaban J connectivity index is 1.52. The summed E-state index contributed by atoms with van der Waals surface area (Å²) in [5.41, 5.74) is 2.49. The number of para-hydroxylation sites is 2. The van der Waals surface area contributed by atoms with Crippen LogP contribution in [0.15, 0.2) is 48.5 Å². The topological polar surface area (TPSA) is 58.2 Å². The van der Waals surface area contributed by atoms with E-state index in [9.17, 15) is 18.0 Å². The maximum absolute atomic E-state index is 12.3. The Morgan fingerprint density at radius 2 is 1.85 bits per heavy atom. The first-order valence-corrected chi connectivity index (χ1v) is 8.32. The van der Waals surface area contributed by atoms with E-state index in [2.05, 4.69) is 14.7 Å². The highest BCUT2D eigenvalue weighted by atomic mass is 19.4. The first-order chi connectivity index (χ1) is 12.8. The molecule has 0 saturated carbocycles. The molecular formula is C19H18F3N3O2. The third kappa shape index (κ3) is 5.22. The van der Waals surface area contributed by atoms with Crippen LogP contribution in [0.2, 0.25) is 0 Å². The van der Waals surface area contributed by atoms with Gasteiger partial charge in [0.2, 0.25) is 5.91 Å². The summed E-state index contributed by atoms with van der Waals surface area (Å²) in [6.07, 6.45) is -3.95. The van der Waals surface area contributed by atoms with E-state index in [1.165, 1.54) is 29.2 Å². The third-order valence-corrected chi connectivity index (χ3v) is 4.02. The van der Waals surface area contributed by atoms with Crippen LogP contribution in [0, 0.1) is 0 Å². The zero-order valence-electron chi connectivity index (χ0n) is 14.6. The maximum atomic E-state index is 12.3. The summed E-state index contributed by atoms with van der Waals surface area (Å²) >= 11 is 0. The number of carbonyl (C=O) groups excluding carboxylic acids is 1. The van der Waals surface area contributed by atoms with Crippen LogP contribution in [-0.4, -0.2) is 34.2 Å². The molecule has 2 aromatic carbocycles. The summed E-state index contributed by atoms with van der Waals surface area (Å²) < 4.78 is 40.3. The molecule has 0 saturated heterocycles. The first-order valence-electron chi connectivity index (χ1n) is 8.32. The Hall–Kier alpha value is -3.03. The number of aromatic nitrogens is 2. The van der Waals surface area contributed by atoms with Crippen LogP contribution >= 0.6 is 0 Å². The minimum Gasteiger partial charge on any atom is -0.406 e. The van der Waals surface area contributed by atoms with E-state index in [1.807, 2.05) is 24.3 Å². The summed E-state index contributed by atoms with van der Waals surface area (Å²) in [5.74, 6) is 0.378. The monoisotopic (exact) mass is 377 g/mol. The van der Waals surface area contributed by atoms with Crippen molar-refractivity contribution in [1.29, 1.82) is 0 Å². The molecule has 0 fully saturated rings. The van der Waals surface area contributed by atoms with E-state index in [4.69, 9.17) is 0 Å². The number of ether oxygens (including phenoxy) is 1. The van der Waals surface area contributed by atoms with Crippen LogP contribution in [0.25, 0.3) is 11.0 Å². The largest absolute Gasteiger partial charge is 0.573 e. The Labute approximate surface area is 153 Å². The quantitative estimate of drug-likeness (QED) is 0.705. The smallest absolute Gasteiger partial charge is 0.406 e. The average molecular weight is 377 g/mol. The van der Waals surface area contributed by atoms with Gasteiger partial charge in [0.05, 0.1) is 11.0 Å². The molecule has 1 N–H and O–H groups in total. The molecule has 5 nitrogen and oxygen atoms in total. The Kier molecular flexibility index (Phi) is 5.34. The predicted molar refractivity (Wildman–Crippen MR) is 94.0 cm³/mol. The number of amides is 1. The maximum Gasteiger partial charge on any atom is 0.573 e. The highest BCUT2D eigenvalue weighted by molar-refractivity contribution is 5.77. The molecular weight excluding hydrogens is 359 g/mol. The van der Waals surface area contributed by atoms with Crippen LogP contribution in [-0.2, 0) is 17.8 Å². The molecule has 1 aromatic heterocycles. The zero-order chi connectivity index (χ0) is 19.4. The van der Waals surface area contributed by atoms with Gasteiger partial charge in [-0.25, -0.2) is 4.98 Å². The average Bonchev–Trinajstić information content (AvgIpc) is 3.03. The van der Waals surface area contributed by atoms with Crippen molar-refractivity contribution in [3.63, 3.8) is 0 Å². The zero-order valence-corrected chi connectivity index (χ0v) is 14.6. The van der Waals surface area contributed by atoms with Gasteiger partial charge >= 0.3 is 6.36 Å². The molecule has 0 aliphatic heterocycles. The summed E-state index contributed by atoms with van der Waals surface area (Å²) in [5, 5.41) is 0. The van der Waals surface area contributed by atoms with Gasteiger partial charge in [0.15, 0.2) is 0 Å². The lowest BCUT2D eigenvalue weighted by Gasteiger charge is -2.17. The SMILES string of the molecule is CN(Cc1ccc(OC(F)(F)F)cc1)C(=O)CCc1nc2ccccc2[nH]1. The van der Waals surface area contributed by atoms with Crippen LogP contribution in [0.4, 0.5) is 13.2 Å². The number of carbonyl (C=O) groups is 1. The Morgan fingerprint density at radius 1 is 1.15 bits per heavy atom. The predicted octanol–water partition coefficient (Wildman–Crippen LogP) is 4.05. The minimum absolute atomic E-state index is 0.0777. The van der Waals surface area contributed by atoms with E-state index < -0.39 is 6.36 Å². The number of fused-ring (bicyclic) bond motifs is 1. The van der Waals surface area contributed by atoms with E-state index in [-0.39, 0.29) is 18.1 Å². The van der Waals surface area contributed by atoms with Gasteiger partial charge in [-0.2, -0.15) is 0 Å². The fraction of sp³-hybridized carbons (Fsp3) is 0.263. The molecule has 0 radical (unpaired) electrons. The molecule has 0 unspecified atom stereocenters. The normalized spacial score (nSPS) is 11.6. The number of halogens is 3. The van der Waals surface area contributed by atoms with Gasteiger partial charge in [0.25, 0.3) is 0 Å². The molecule has 0 aliphatic carbocycles. The van der Waals surface area contributed by atoms with Crippen LogP contribution < -0.4 is 4.74 Å². The van der Waals surface area contributed by atoms with Crippen molar-refractivity contribution in [2.24, 2.45) is 0 Å².